The van der Waals surface area contributed by atoms with Gasteiger partial charge < -0.3 is 15.6 Å². The summed E-state index contributed by atoms with van der Waals surface area (Å²) >= 11 is 0. The van der Waals surface area contributed by atoms with Crippen LogP contribution >= 0.6 is 0 Å². The highest BCUT2D eigenvalue weighted by Crippen LogP contribution is 2.34. The van der Waals surface area contributed by atoms with Crippen molar-refractivity contribution in [1.29, 1.82) is 0 Å². The number of aliphatic carboxylic acids is 1. The molecule has 0 saturated heterocycles. The van der Waals surface area contributed by atoms with Crippen molar-refractivity contribution in [3.63, 3.8) is 0 Å². The summed E-state index contributed by atoms with van der Waals surface area (Å²) in [5, 5.41) is 9.23. The Hall–Kier alpha value is -2.66. The molecular formula is C25H35N3O6S. The van der Waals surface area contributed by atoms with Crippen LogP contribution in [-0.2, 0) is 21.6 Å². The van der Waals surface area contributed by atoms with Crippen LogP contribution in [0.1, 0.15) is 44.1 Å². The lowest BCUT2D eigenvalue weighted by atomic mass is 9.88. The van der Waals surface area contributed by atoms with E-state index in [-0.39, 0.29) is 12.1 Å². The smallest absolute Gasteiger partial charge is 0.364 e. The lowest BCUT2D eigenvalue weighted by molar-refractivity contribution is -0.138. The van der Waals surface area contributed by atoms with Crippen LogP contribution in [0.5, 0.6) is 5.75 Å². The van der Waals surface area contributed by atoms with Crippen molar-refractivity contribution in [2.45, 2.75) is 51.1 Å². The number of hydrogen-bond acceptors (Lipinski definition) is 6. The van der Waals surface area contributed by atoms with E-state index in [1.54, 1.807) is 30.3 Å². The van der Waals surface area contributed by atoms with E-state index in [0.717, 1.165) is 23.7 Å². The Morgan fingerprint density at radius 1 is 1.14 bits per heavy atom. The number of rotatable bonds is 12. The molecule has 0 bridgehead atoms. The van der Waals surface area contributed by atoms with Crippen LogP contribution in [0.25, 0.3) is 0 Å². The topological polar surface area (TPSA) is 133 Å². The molecule has 4 N–H and O–H groups in total. The Bertz CT molecular complexity index is 1090. The zero-order valence-electron chi connectivity index (χ0n) is 20.0. The first kappa shape index (κ1) is 26.9. The van der Waals surface area contributed by atoms with Crippen molar-refractivity contribution in [3.05, 3.63) is 54.1 Å². The quantitative estimate of drug-likeness (QED) is 0.371. The van der Waals surface area contributed by atoms with E-state index < -0.39 is 22.3 Å². The second kappa shape index (κ2) is 12.3. The Morgan fingerprint density at radius 3 is 2.51 bits per heavy atom. The first-order chi connectivity index (χ1) is 16.7. The Kier molecular flexibility index (Phi) is 9.50. The number of carboxylic acids is 1. The van der Waals surface area contributed by atoms with E-state index in [1.165, 1.54) is 32.4 Å². The molecule has 0 heterocycles. The number of hydrogen-bond donors (Lipinski definition) is 3. The van der Waals surface area contributed by atoms with Gasteiger partial charge in [-0.15, -0.1) is 0 Å². The summed E-state index contributed by atoms with van der Waals surface area (Å²) in [4.78, 5) is 13.4. The largest absolute Gasteiger partial charge is 0.497 e. The van der Waals surface area contributed by atoms with Crippen LogP contribution in [-0.4, -0.2) is 55.2 Å². The minimum Gasteiger partial charge on any atom is -0.497 e. The summed E-state index contributed by atoms with van der Waals surface area (Å²) < 4.78 is 41.3. The van der Waals surface area contributed by atoms with Gasteiger partial charge in [0.1, 0.15) is 11.8 Å². The average molecular weight is 506 g/mol. The number of ether oxygens (including phenoxy) is 1. The number of methoxy groups -OCH3 is 1. The third-order valence-electron chi connectivity index (χ3n) is 6.44. The van der Waals surface area contributed by atoms with Gasteiger partial charge in [-0.05, 0) is 48.9 Å². The van der Waals surface area contributed by atoms with Crippen molar-refractivity contribution in [1.82, 2.24) is 4.90 Å². The van der Waals surface area contributed by atoms with Gasteiger partial charge in [0.15, 0.2) is 0 Å². The van der Waals surface area contributed by atoms with Crippen LogP contribution in [0.15, 0.2) is 48.5 Å². The molecule has 1 aliphatic carbocycles. The third kappa shape index (κ3) is 7.66. The van der Waals surface area contributed by atoms with Crippen molar-refractivity contribution >= 4 is 27.6 Å². The number of anilines is 2. The molecule has 35 heavy (non-hydrogen) atoms. The summed E-state index contributed by atoms with van der Waals surface area (Å²) in [6, 6.07) is 12.5. The van der Waals surface area contributed by atoms with Gasteiger partial charge in [-0.2, -0.15) is 8.42 Å². The summed E-state index contributed by atoms with van der Waals surface area (Å²) in [5.41, 5.74) is 7.02. The van der Waals surface area contributed by atoms with Crippen molar-refractivity contribution < 1.29 is 27.6 Å². The van der Waals surface area contributed by atoms with Crippen LogP contribution in [0, 0.1) is 5.92 Å². The molecule has 9 nitrogen and oxygen atoms in total. The molecule has 0 unspecified atom stereocenters. The van der Waals surface area contributed by atoms with Crippen molar-refractivity contribution in [2.75, 3.05) is 24.5 Å². The third-order valence-corrected chi connectivity index (χ3v) is 7.31. The van der Waals surface area contributed by atoms with E-state index >= 15 is 0 Å². The van der Waals surface area contributed by atoms with E-state index in [9.17, 15) is 22.9 Å². The number of carboxylic acid groups (broad SMARTS) is 1. The van der Waals surface area contributed by atoms with E-state index in [2.05, 4.69) is 4.90 Å². The number of carbonyl (C=O) groups is 1. The minimum absolute atomic E-state index is 0.242. The maximum absolute atomic E-state index is 12.5. The molecule has 3 rings (SSSR count). The molecular weight excluding hydrogens is 470 g/mol. The number of benzene rings is 2. The fourth-order valence-electron chi connectivity index (χ4n) is 4.63. The van der Waals surface area contributed by atoms with Crippen LogP contribution in [0.4, 0.5) is 11.4 Å². The lowest BCUT2D eigenvalue weighted by Crippen LogP contribution is -2.38. The predicted molar refractivity (Wildman–Crippen MR) is 135 cm³/mol. The SMILES string of the molecule is COc1cccc(N(c2ccccc2CN(CC[C@H](N)C(=O)O)CC2CCCCC2)S(=O)(=O)O)c1. The van der Waals surface area contributed by atoms with Gasteiger partial charge in [0, 0.05) is 25.7 Å². The molecule has 10 heteroatoms. The van der Waals surface area contributed by atoms with E-state index in [0.29, 0.717) is 36.0 Å². The summed E-state index contributed by atoms with van der Waals surface area (Å²) in [6.45, 7) is 1.62. The van der Waals surface area contributed by atoms with E-state index in [1.807, 2.05) is 12.1 Å². The Balaban J connectivity index is 1.93. The highest BCUT2D eigenvalue weighted by atomic mass is 32.2. The fourth-order valence-corrected chi connectivity index (χ4v) is 5.44. The van der Waals surface area contributed by atoms with Crippen LogP contribution in [0.2, 0.25) is 0 Å². The summed E-state index contributed by atoms with van der Waals surface area (Å²) in [7, 11) is -3.17. The van der Waals surface area contributed by atoms with Gasteiger partial charge in [0.05, 0.1) is 18.5 Å². The highest BCUT2D eigenvalue weighted by molar-refractivity contribution is 7.87. The van der Waals surface area contributed by atoms with Crippen molar-refractivity contribution in [2.24, 2.45) is 11.7 Å². The van der Waals surface area contributed by atoms with Gasteiger partial charge in [-0.1, -0.05) is 43.5 Å². The van der Waals surface area contributed by atoms with Gasteiger partial charge >= 0.3 is 16.3 Å². The molecule has 0 aliphatic heterocycles. The maximum atomic E-state index is 12.5. The standard InChI is InChI=1S/C25H35N3O6S/c1-34-22-12-7-11-21(16-22)28(35(31,32)33)24-13-6-5-10-20(24)18-27(15-14-23(26)25(29)30)17-19-8-3-2-4-9-19/h5-7,10-13,16,19,23H,2-4,8-9,14-15,17-18,26H2,1H3,(H,29,30)(H,31,32,33)/t23-/m0/s1. The molecule has 192 valence electrons. The minimum atomic E-state index is -4.66. The molecule has 0 radical (unpaired) electrons. The van der Waals surface area contributed by atoms with E-state index in [4.69, 9.17) is 10.5 Å². The lowest BCUT2D eigenvalue weighted by Gasteiger charge is -2.32. The first-order valence-corrected chi connectivity index (χ1v) is 13.3. The normalized spacial score (nSPS) is 15.7. The monoisotopic (exact) mass is 505 g/mol. The van der Waals surface area contributed by atoms with Crippen LogP contribution < -0.4 is 14.8 Å². The molecule has 1 aliphatic rings. The molecule has 1 fully saturated rings. The molecule has 0 aromatic heterocycles. The molecule has 1 atom stereocenters. The second-order valence-corrected chi connectivity index (χ2v) is 10.3. The maximum Gasteiger partial charge on any atom is 0.364 e. The summed E-state index contributed by atoms with van der Waals surface area (Å²) in [6.07, 6.45) is 6.09. The Morgan fingerprint density at radius 2 is 1.86 bits per heavy atom. The average Bonchev–Trinajstić information content (AvgIpc) is 2.83. The van der Waals surface area contributed by atoms with Crippen LogP contribution in [0.3, 0.4) is 0 Å². The van der Waals surface area contributed by atoms with Gasteiger partial charge in [-0.25, -0.2) is 4.31 Å². The molecule has 0 spiro atoms. The molecule has 2 aromatic rings. The Labute approximate surface area is 207 Å². The molecule has 1 saturated carbocycles. The fraction of sp³-hybridized carbons (Fsp3) is 0.480. The number of nitrogens with two attached hydrogens (primary N) is 1. The van der Waals surface area contributed by atoms with Gasteiger partial charge in [0.25, 0.3) is 0 Å². The summed E-state index contributed by atoms with van der Waals surface area (Å²) in [5.74, 6) is -0.0955. The van der Waals surface area contributed by atoms with Crippen molar-refractivity contribution in [3.8, 4) is 5.75 Å². The zero-order valence-corrected chi connectivity index (χ0v) is 20.9. The second-order valence-electron chi connectivity index (χ2n) is 9.04. The molecule has 2 aromatic carbocycles. The molecule has 0 amide bonds. The zero-order chi connectivity index (χ0) is 25.4. The van der Waals surface area contributed by atoms with Gasteiger partial charge in [-0.3, -0.25) is 14.2 Å². The number of nitrogens with zero attached hydrogens (tertiary/aromatic N) is 2. The number of para-hydroxylation sites is 1. The first-order valence-electron chi connectivity index (χ1n) is 11.9. The highest BCUT2D eigenvalue weighted by Gasteiger charge is 2.26. The predicted octanol–water partition coefficient (Wildman–Crippen LogP) is 3.82. The van der Waals surface area contributed by atoms with Gasteiger partial charge in [0.2, 0.25) is 0 Å².